The zero-order valence-corrected chi connectivity index (χ0v) is 13.3. The van der Waals surface area contributed by atoms with Gasteiger partial charge in [0.05, 0.1) is 18.2 Å². The maximum absolute atomic E-state index is 6.02. The van der Waals surface area contributed by atoms with Crippen molar-refractivity contribution in [2.75, 3.05) is 33.9 Å². The van der Waals surface area contributed by atoms with Gasteiger partial charge < -0.3 is 14.2 Å². The fourth-order valence-corrected chi connectivity index (χ4v) is 2.55. The Morgan fingerprint density at radius 1 is 1.35 bits per heavy atom. The fourth-order valence-electron chi connectivity index (χ4n) is 2.35. The van der Waals surface area contributed by atoms with E-state index in [1.807, 2.05) is 18.7 Å². The molecule has 2 aromatic rings. The highest BCUT2D eigenvalue weighted by Crippen LogP contribution is 2.20. The largest absolute Gasteiger partial charge is 0.383 e. The van der Waals surface area contributed by atoms with Crippen LogP contribution in [-0.2, 0) is 24.2 Å². The highest BCUT2D eigenvalue weighted by molar-refractivity contribution is 6.16. The average Bonchev–Trinajstić information content (AvgIpc) is 2.93. The first-order chi connectivity index (χ1) is 9.58. The molecule has 0 aliphatic carbocycles. The van der Waals surface area contributed by atoms with Crippen LogP contribution in [0.4, 0.5) is 0 Å². The minimum atomic E-state index is 0.413. The lowest BCUT2D eigenvalue weighted by Crippen LogP contribution is -2.27. The van der Waals surface area contributed by atoms with Gasteiger partial charge in [0.1, 0.15) is 11.3 Å². The van der Waals surface area contributed by atoms with Gasteiger partial charge in [-0.1, -0.05) is 0 Å². The molecule has 0 aliphatic heterocycles. The molecule has 0 saturated heterocycles. The number of likely N-dealkylation sites (N-methyl/N-ethyl adjacent to an activating group) is 1. The number of rotatable bonds is 7. The van der Waals surface area contributed by atoms with Crippen LogP contribution in [0.25, 0.3) is 11.2 Å². The summed E-state index contributed by atoms with van der Waals surface area (Å²) >= 11 is 6.02. The van der Waals surface area contributed by atoms with Gasteiger partial charge in [-0.2, -0.15) is 5.10 Å². The number of nitrogens with zero attached hydrogens (tertiary/aromatic N) is 5. The molecular weight excluding hydrogens is 278 g/mol. The van der Waals surface area contributed by atoms with E-state index < -0.39 is 0 Å². The van der Waals surface area contributed by atoms with Gasteiger partial charge in [-0.05, 0) is 14.0 Å². The molecule has 0 amide bonds. The van der Waals surface area contributed by atoms with Crippen LogP contribution in [0.15, 0.2) is 0 Å². The number of fused-ring (bicyclic) bond motifs is 1. The van der Waals surface area contributed by atoms with Gasteiger partial charge in [0.25, 0.3) is 0 Å². The first-order valence-electron chi connectivity index (χ1n) is 6.70. The average molecular weight is 300 g/mol. The standard InChI is InChI=1S/C13H22ClN5O/c1-10-12-13(18(3)16-10)19(11(9-14)15-12)6-5-17(2)7-8-20-4/h5-9H2,1-4H3. The SMILES string of the molecule is COCCN(C)CCn1c(CCl)nc2c(C)nn(C)c21. The van der Waals surface area contributed by atoms with Gasteiger partial charge in [-0.25, -0.2) is 4.98 Å². The third-order valence-corrected chi connectivity index (χ3v) is 3.71. The smallest absolute Gasteiger partial charge is 0.158 e. The lowest BCUT2D eigenvalue weighted by Gasteiger charge is -2.17. The molecule has 2 rings (SSSR count). The molecule has 0 saturated carbocycles. The van der Waals surface area contributed by atoms with E-state index in [4.69, 9.17) is 16.3 Å². The highest BCUT2D eigenvalue weighted by atomic mass is 35.5. The maximum atomic E-state index is 6.02. The van der Waals surface area contributed by atoms with Gasteiger partial charge in [0.2, 0.25) is 0 Å². The van der Waals surface area contributed by atoms with Crippen LogP contribution in [0.5, 0.6) is 0 Å². The number of hydrogen-bond acceptors (Lipinski definition) is 4. The summed E-state index contributed by atoms with van der Waals surface area (Å²) in [5.41, 5.74) is 2.93. The molecule has 0 bridgehead atoms. The summed E-state index contributed by atoms with van der Waals surface area (Å²) in [7, 11) is 5.75. The number of aryl methyl sites for hydroxylation is 2. The molecule has 0 radical (unpaired) electrons. The van der Waals surface area contributed by atoms with Crippen molar-refractivity contribution in [1.29, 1.82) is 0 Å². The molecule has 0 atom stereocenters. The highest BCUT2D eigenvalue weighted by Gasteiger charge is 2.16. The third-order valence-electron chi connectivity index (χ3n) is 3.47. The summed E-state index contributed by atoms with van der Waals surface area (Å²) in [5, 5.41) is 4.42. The second kappa shape index (κ2) is 6.56. The van der Waals surface area contributed by atoms with Crippen molar-refractivity contribution in [3.63, 3.8) is 0 Å². The fraction of sp³-hybridized carbons (Fsp3) is 0.692. The van der Waals surface area contributed by atoms with E-state index in [9.17, 15) is 0 Å². The van der Waals surface area contributed by atoms with Gasteiger partial charge in [-0.3, -0.25) is 4.68 Å². The molecule has 0 N–H and O–H groups in total. The topological polar surface area (TPSA) is 48.1 Å². The van der Waals surface area contributed by atoms with Crippen LogP contribution in [0, 0.1) is 6.92 Å². The first kappa shape index (κ1) is 15.3. The summed E-state index contributed by atoms with van der Waals surface area (Å²) in [4.78, 5) is 6.83. The summed E-state index contributed by atoms with van der Waals surface area (Å²) in [6, 6.07) is 0. The van der Waals surface area contributed by atoms with Crippen molar-refractivity contribution in [3.8, 4) is 0 Å². The lowest BCUT2D eigenvalue weighted by atomic mass is 10.4. The molecule has 0 spiro atoms. The zero-order valence-electron chi connectivity index (χ0n) is 12.6. The van der Waals surface area contributed by atoms with E-state index in [0.717, 1.165) is 48.9 Å². The van der Waals surface area contributed by atoms with Crippen LogP contribution in [0.1, 0.15) is 11.5 Å². The zero-order chi connectivity index (χ0) is 14.7. The summed E-state index contributed by atoms with van der Waals surface area (Å²) in [6.45, 7) is 5.39. The molecule has 112 valence electrons. The van der Waals surface area contributed by atoms with Crippen LogP contribution < -0.4 is 0 Å². The maximum Gasteiger partial charge on any atom is 0.158 e. The van der Waals surface area contributed by atoms with Crippen molar-refractivity contribution in [1.82, 2.24) is 24.2 Å². The molecule has 0 aliphatic rings. The Hall–Kier alpha value is -1.11. The van der Waals surface area contributed by atoms with E-state index in [-0.39, 0.29) is 0 Å². The number of ether oxygens (including phenoxy) is 1. The molecule has 2 aromatic heterocycles. The Morgan fingerprint density at radius 3 is 2.75 bits per heavy atom. The van der Waals surface area contributed by atoms with Crippen LogP contribution in [0.2, 0.25) is 0 Å². The van der Waals surface area contributed by atoms with Crippen molar-refractivity contribution >= 4 is 22.8 Å². The number of halogens is 1. The first-order valence-corrected chi connectivity index (χ1v) is 7.24. The van der Waals surface area contributed by atoms with Gasteiger partial charge in [0, 0.05) is 33.8 Å². The number of hydrogen-bond donors (Lipinski definition) is 0. The van der Waals surface area contributed by atoms with Gasteiger partial charge >= 0.3 is 0 Å². The van der Waals surface area contributed by atoms with E-state index in [2.05, 4.69) is 26.6 Å². The van der Waals surface area contributed by atoms with Crippen molar-refractivity contribution < 1.29 is 4.74 Å². The molecule has 6 nitrogen and oxygen atoms in total. The Labute approximate surface area is 124 Å². The lowest BCUT2D eigenvalue weighted by molar-refractivity contribution is 0.159. The number of aromatic nitrogens is 4. The second-order valence-corrected chi connectivity index (χ2v) is 5.26. The van der Waals surface area contributed by atoms with E-state index in [0.29, 0.717) is 5.88 Å². The number of alkyl halides is 1. The number of imidazole rings is 1. The quantitative estimate of drug-likeness (QED) is 0.725. The Morgan fingerprint density at radius 2 is 2.10 bits per heavy atom. The Bertz CT molecular complexity index is 577. The van der Waals surface area contributed by atoms with Crippen LogP contribution in [0.3, 0.4) is 0 Å². The molecule has 7 heteroatoms. The minimum Gasteiger partial charge on any atom is -0.383 e. The minimum absolute atomic E-state index is 0.413. The molecule has 0 unspecified atom stereocenters. The predicted octanol–water partition coefficient (Wildman–Crippen LogP) is 1.40. The van der Waals surface area contributed by atoms with Crippen LogP contribution >= 0.6 is 11.6 Å². The summed E-state index contributed by atoms with van der Waals surface area (Å²) in [6.07, 6.45) is 0. The molecule has 20 heavy (non-hydrogen) atoms. The monoisotopic (exact) mass is 299 g/mol. The van der Waals surface area contributed by atoms with Gasteiger partial charge in [-0.15, -0.1) is 11.6 Å². The molecule has 0 aromatic carbocycles. The van der Waals surface area contributed by atoms with Crippen molar-refractivity contribution in [2.45, 2.75) is 19.3 Å². The number of methoxy groups -OCH3 is 1. The molecule has 0 fully saturated rings. The molecule has 2 heterocycles. The predicted molar refractivity (Wildman–Crippen MR) is 80.2 cm³/mol. The molecular formula is C13H22ClN5O. The third kappa shape index (κ3) is 2.97. The Kier molecular flexibility index (Phi) is 5.01. The van der Waals surface area contributed by atoms with Crippen LogP contribution in [-0.4, -0.2) is 58.1 Å². The second-order valence-electron chi connectivity index (χ2n) is 4.99. The van der Waals surface area contributed by atoms with Gasteiger partial charge in [0.15, 0.2) is 5.65 Å². The van der Waals surface area contributed by atoms with E-state index in [1.54, 1.807) is 7.11 Å². The Balaban J connectivity index is 2.19. The normalized spacial score (nSPS) is 11.9. The summed E-state index contributed by atoms with van der Waals surface area (Å²) in [5.74, 6) is 1.31. The van der Waals surface area contributed by atoms with E-state index in [1.165, 1.54) is 0 Å². The van der Waals surface area contributed by atoms with Crippen molar-refractivity contribution in [3.05, 3.63) is 11.5 Å². The van der Waals surface area contributed by atoms with Crippen molar-refractivity contribution in [2.24, 2.45) is 7.05 Å². The summed E-state index contributed by atoms with van der Waals surface area (Å²) < 4.78 is 9.13. The van der Waals surface area contributed by atoms with E-state index >= 15 is 0 Å².